The maximum Gasteiger partial charge on any atom is 0.223 e. The van der Waals surface area contributed by atoms with Crippen molar-refractivity contribution in [1.82, 2.24) is 9.88 Å². The molecule has 0 bridgehead atoms. The average Bonchev–Trinajstić information content (AvgIpc) is 2.71. The molecular weight excluding hydrogens is 238 g/mol. The van der Waals surface area contributed by atoms with Gasteiger partial charge in [0, 0.05) is 20.0 Å². The molecule has 4 heteroatoms. The van der Waals surface area contributed by atoms with Crippen LogP contribution in [0.2, 0.25) is 0 Å². The maximum atomic E-state index is 12.1. The highest BCUT2D eigenvalue weighted by molar-refractivity contribution is 5.78. The number of carbonyl (C=O) groups is 1. The number of nitrogens with zero attached hydrogens (tertiary/aromatic N) is 2. The second-order valence-corrected chi connectivity index (χ2v) is 6.31. The van der Waals surface area contributed by atoms with E-state index < -0.39 is 0 Å². The van der Waals surface area contributed by atoms with E-state index in [1.807, 2.05) is 30.1 Å². The van der Waals surface area contributed by atoms with E-state index in [0.29, 0.717) is 18.9 Å². The number of aromatic nitrogens is 1. The molecule has 1 saturated heterocycles. The predicted octanol–water partition coefficient (Wildman–Crippen LogP) is 2.52. The highest BCUT2D eigenvalue weighted by atomic mass is 16.2. The van der Waals surface area contributed by atoms with Crippen LogP contribution >= 0.6 is 0 Å². The molecule has 2 rings (SSSR count). The summed E-state index contributed by atoms with van der Waals surface area (Å²) in [5.41, 5.74) is 1.12. The molecule has 1 aromatic heterocycles. The van der Waals surface area contributed by atoms with Gasteiger partial charge in [-0.15, -0.1) is 0 Å². The fraction of sp³-hybridized carbons (Fsp3) is 0.600. The molecule has 1 fully saturated rings. The fourth-order valence-electron chi connectivity index (χ4n) is 2.41. The smallest absolute Gasteiger partial charge is 0.223 e. The molecule has 1 amide bonds. The molecule has 1 aliphatic rings. The van der Waals surface area contributed by atoms with Crippen molar-refractivity contribution in [2.75, 3.05) is 18.9 Å². The van der Waals surface area contributed by atoms with E-state index in [1.165, 1.54) is 0 Å². The van der Waals surface area contributed by atoms with E-state index in [9.17, 15) is 4.79 Å². The van der Waals surface area contributed by atoms with Gasteiger partial charge in [0.1, 0.15) is 5.82 Å². The van der Waals surface area contributed by atoms with Gasteiger partial charge < -0.3 is 10.2 Å². The number of carbonyl (C=O) groups excluding carboxylic acids is 1. The van der Waals surface area contributed by atoms with Crippen molar-refractivity contribution in [3.05, 3.63) is 23.9 Å². The van der Waals surface area contributed by atoms with Gasteiger partial charge >= 0.3 is 0 Å². The summed E-state index contributed by atoms with van der Waals surface area (Å²) in [6.45, 7) is 8.06. The van der Waals surface area contributed by atoms with Crippen molar-refractivity contribution in [3.8, 4) is 0 Å². The molecular formula is C15H23N3O. The van der Waals surface area contributed by atoms with Crippen molar-refractivity contribution < 1.29 is 4.79 Å². The topological polar surface area (TPSA) is 45.2 Å². The number of likely N-dealkylation sites (tertiary alicyclic amines) is 1. The van der Waals surface area contributed by atoms with Crippen LogP contribution in [0.15, 0.2) is 18.2 Å². The Kier molecular flexibility index (Phi) is 3.78. The number of nitrogens with one attached hydrogen (secondary N) is 1. The standard InChI is InChI=1S/C15H23N3O/c1-15(2,3)11-8-14(19)18(9-11)10-12-6-5-7-13(16-4)17-12/h5-7,11H,8-10H2,1-4H3,(H,16,17). The third-order valence-electron chi connectivity index (χ3n) is 3.86. The molecule has 0 spiro atoms. The van der Waals surface area contributed by atoms with Crippen LogP contribution in [0.1, 0.15) is 32.9 Å². The Hall–Kier alpha value is -1.58. The molecule has 2 heterocycles. The van der Waals surface area contributed by atoms with Crippen LogP contribution in [-0.2, 0) is 11.3 Å². The lowest BCUT2D eigenvalue weighted by atomic mass is 9.80. The Morgan fingerprint density at radius 2 is 2.16 bits per heavy atom. The molecule has 0 saturated carbocycles. The molecule has 1 aromatic rings. The fourth-order valence-corrected chi connectivity index (χ4v) is 2.41. The lowest BCUT2D eigenvalue weighted by Gasteiger charge is -2.26. The summed E-state index contributed by atoms with van der Waals surface area (Å²) in [6.07, 6.45) is 0.662. The minimum Gasteiger partial charge on any atom is -0.373 e. The summed E-state index contributed by atoms with van der Waals surface area (Å²) >= 11 is 0. The van der Waals surface area contributed by atoms with Crippen LogP contribution < -0.4 is 5.32 Å². The SMILES string of the molecule is CNc1cccc(CN2CC(C(C)(C)C)CC2=O)n1. The van der Waals surface area contributed by atoms with Crippen LogP contribution in [0.5, 0.6) is 0 Å². The summed E-state index contributed by atoms with van der Waals surface area (Å²) in [6, 6.07) is 5.86. The molecule has 1 atom stereocenters. The number of anilines is 1. The van der Waals surface area contributed by atoms with Crippen molar-refractivity contribution in [1.29, 1.82) is 0 Å². The Labute approximate surface area is 115 Å². The molecule has 4 nitrogen and oxygen atoms in total. The third kappa shape index (κ3) is 3.25. The molecule has 1 N–H and O–H groups in total. The molecule has 0 aromatic carbocycles. The van der Waals surface area contributed by atoms with Gasteiger partial charge in [-0.3, -0.25) is 4.79 Å². The van der Waals surface area contributed by atoms with E-state index in [-0.39, 0.29) is 11.3 Å². The van der Waals surface area contributed by atoms with E-state index >= 15 is 0 Å². The van der Waals surface area contributed by atoms with Gasteiger partial charge in [-0.25, -0.2) is 4.98 Å². The number of amides is 1. The lowest BCUT2D eigenvalue weighted by Crippen LogP contribution is -2.27. The Balaban J connectivity index is 2.05. The summed E-state index contributed by atoms with van der Waals surface area (Å²) < 4.78 is 0. The number of hydrogen-bond acceptors (Lipinski definition) is 3. The first-order valence-electron chi connectivity index (χ1n) is 6.81. The monoisotopic (exact) mass is 261 g/mol. The van der Waals surface area contributed by atoms with Gasteiger partial charge in [-0.2, -0.15) is 0 Å². The third-order valence-corrected chi connectivity index (χ3v) is 3.86. The highest BCUT2D eigenvalue weighted by Gasteiger charge is 2.36. The van der Waals surface area contributed by atoms with Gasteiger partial charge in [0.2, 0.25) is 5.91 Å². The maximum absolute atomic E-state index is 12.1. The van der Waals surface area contributed by atoms with Gasteiger partial charge in [0.25, 0.3) is 0 Å². The minimum absolute atomic E-state index is 0.185. The van der Waals surface area contributed by atoms with Gasteiger partial charge in [0.05, 0.1) is 12.2 Å². The molecule has 1 unspecified atom stereocenters. The van der Waals surface area contributed by atoms with Gasteiger partial charge in [0.15, 0.2) is 0 Å². The zero-order valence-corrected chi connectivity index (χ0v) is 12.2. The second kappa shape index (κ2) is 5.19. The van der Waals surface area contributed by atoms with Crippen molar-refractivity contribution in [3.63, 3.8) is 0 Å². The Bertz CT molecular complexity index is 465. The molecule has 0 aliphatic carbocycles. The molecule has 1 aliphatic heterocycles. The van der Waals surface area contributed by atoms with E-state index in [4.69, 9.17) is 0 Å². The quantitative estimate of drug-likeness (QED) is 0.909. The number of hydrogen-bond donors (Lipinski definition) is 1. The zero-order valence-electron chi connectivity index (χ0n) is 12.2. The number of rotatable bonds is 3. The highest BCUT2D eigenvalue weighted by Crippen LogP contribution is 2.34. The lowest BCUT2D eigenvalue weighted by molar-refractivity contribution is -0.128. The normalized spacial score (nSPS) is 19.9. The summed E-state index contributed by atoms with van der Waals surface area (Å²) in [4.78, 5) is 18.5. The first kappa shape index (κ1) is 13.8. The van der Waals surface area contributed by atoms with Gasteiger partial charge in [-0.05, 0) is 23.5 Å². The Morgan fingerprint density at radius 3 is 2.74 bits per heavy atom. The zero-order chi connectivity index (χ0) is 14.0. The Morgan fingerprint density at radius 1 is 1.42 bits per heavy atom. The summed E-state index contributed by atoms with van der Waals surface area (Å²) in [5, 5.41) is 3.02. The summed E-state index contributed by atoms with van der Waals surface area (Å²) in [5.74, 6) is 1.53. The molecule has 0 radical (unpaired) electrons. The van der Waals surface area contributed by atoms with Crippen LogP contribution in [0.3, 0.4) is 0 Å². The first-order valence-corrected chi connectivity index (χ1v) is 6.81. The van der Waals surface area contributed by atoms with Crippen molar-refractivity contribution >= 4 is 11.7 Å². The number of pyridine rings is 1. The van der Waals surface area contributed by atoms with Crippen LogP contribution in [0, 0.1) is 11.3 Å². The van der Waals surface area contributed by atoms with Crippen LogP contribution in [-0.4, -0.2) is 29.4 Å². The van der Waals surface area contributed by atoms with Gasteiger partial charge in [-0.1, -0.05) is 26.8 Å². The average molecular weight is 261 g/mol. The first-order chi connectivity index (χ1) is 8.90. The van der Waals surface area contributed by atoms with E-state index in [1.54, 1.807) is 0 Å². The second-order valence-electron chi connectivity index (χ2n) is 6.31. The summed E-state index contributed by atoms with van der Waals surface area (Å²) in [7, 11) is 1.85. The predicted molar refractivity (Wildman–Crippen MR) is 76.8 cm³/mol. The largest absolute Gasteiger partial charge is 0.373 e. The van der Waals surface area contributed by atoms with Crippen molar-refractivity contribution in [2.24, 2.45) is 11.3 Å². The minimum atomic E-state index is 0.185. The molecule has 19 heavy (non-hydrogen) atoms. The van der Waals surface area contributed by atoms with E-state index in [0.717, 1.165) is 18.1 Å². The van der Waals surface area contributed by atoms with Crippen LogP contribution in [0.4, 0.5) is 5.82 Å². The van der Waals surface area contributed by atoms with Crippen LogP contribution in [0.25, 0.3) is 0 Å². The van der Waals surface area contributed by atoms with Crippen molar-refractivity contribution in [2.45, 2.75) is 33.7 Å². The van der Waals surface area contributed by atoms with E-state index in [2.05, 4.69) is 31.1 Å². The molecule has 104 valence electrons.